The maximum atomic E-state index is 14.4. The van der Waals surface area contributed by atoms with Crippen LogP contribution in [-0.4, -0.2) is 126 Å². The first-order valence-electron chi connectivity index (χ1n) is 30.1. The number of hydrogen-bond acceptors (Lipinski definition) is 18. The zero-order chi connectivity index (χ0) is 66.0. The normalized spacial score (nSPS) is 33.7. The summed E-state index contributed by atoms with van der Waals surface area (Å²) in [7, 11) is -5.19. The van der Waals surface area contributed by atoms with Gasteiger partial charge in [0.2, 0.25) is 41.4 Å². The lowest BCUT2D eigenvalue weighted by molar-refractivity contribution is -0.125. The number of benzene rings is 1. The highest BCUT2D eigenvalue weighted by atomic mass is 31.2. The molecule has 15 atom stereocenters. The highest BCUT2D eigenvalue weighted by molar-refractivity contribution is 7.47. The van der Waals surface area contributed by atoms with Crippen molar-refractivity contribution >= 4 is 77.3 Å². The summed E-state index contributed by atoms with van der Waals surface area (Å²) in [6, 6.07) is 2.65. The van der Waals surface area contributed by atoms with E-state index in [2.05, 4.69) is 15.6 Å². The molecule has 7 amide bonds. The van der Waals surface area contributed by atoms with Crippen LogP contribution in [0.3, 0.4) is 0 Å². The maximum Gasteiger partial charge on any atom is 0.474 e. The van der Waals surface area contributed by atoms with Crippen molar-refractivity contribution in [1.29, 1.82) is 0 Å². The Morgan fingerprint density at radius 3 is 1.98 bits per heavy atom. The number of ether oxygens (including phenoxy) is 1. The molecular weight excluding hydrogens is 1170 g/mol. The fourth-order valence-electron chi connectivity index (χ4n) is 15.4. The highest BCUT2D eigenvalue weighted by Crippen LogP contribution is 2.63. The van der Waals surface area contributed by atoms with Crippen LogP contribution in [0.5, 0.6) is 0 Å². The molecule has 17 N–H and O–H groups in total. The molecule has 1 aromatic carbocycles. The third kappa shape index (κ3) is 12.8. The number of carbonyl (C=O) groups excluding carboxylic acids is 7. The minimum Gasteiger partial charge on any atom is -0.394 e. The van der Waals surface area contributed by atoms with E-state index >= 15 is 0 Å². The van der Waals surface area contributed by atoms with Crippen LogP contribution in [0.2, 0.25) is 0 Å². The Kier molecular flexibility index (Phi) is 19.1. The van der Waals surface area contributed by atoms with Crippen molar-refractivity contribution in [3.8, 4) is 0 Å². The third-order valence-corrected chi connectivity index (χ3v) is 21.4. The van der Waals surface area contributed by atoms with E-state index in [9.17, 15) is 53.2 Å². The number of imidazole rings is 1. The van der Waals surface area contributed by atoms with Gasteiger partial charge in [-0.15, -0.1) is 0 Å². The SMILES string of the molecule is CC1=C2N/C(=C\C3=NC(=C(/C)C4=NC([C@H](CC(N)=O)[C@@]4(C)CCC(=O)N[C@@H](C)OP(=O)(O)O[C@H]4[C@@H](O)[C@@H](n5cnc6cc(C)c(C)cc65)O[C@@H]4CO)[C@]4(C)N=C1[C@@H](CCC(N)=O)[C@]4(C)CC(N)=O)/[C@@H](CCC(N)=O)C3(C)C)[C@@H](CCC(N)=O)[C@]2(C)CC(N)=O. The van der Waals surface area contributed by atoms with Gasteiger partial charge in [-0.3, -0.25) is 57.6 Å². The summed E-state index contributed by atoms with van der Waals surface area (Å²) >= 11 is 0. The summed E-state index contributed by atoms with van der Waals surface area (Å²) in [5, 5.41) is 28.1. The fourth-order valence-corrected chi connectivity index (χ4v) is 16.4. The number of primary amides is 6. The standard InChI is InChI=1S/C61H88N13O14P/c1-28-20-38-39(21-29(28)2)74(27-68-38)56-51(83)52(40(26-75)86-56)88-89(84,85)87-32(5)69-48(82)18-19-58(8)36(22-45(65)79)55-61(11)60(10,25-47(67)81)35(14-17-44(64)78)50(73-61)31(4)54-59(9,24-46(66)80)33(12-15-42(62)76)37(70-54)23-41-57(6,7)34(13-16-43(63)77)49(71-41)30(3)53(58)72-55/h20-21,23,27,32-36,40,51-52,55-56,70,75,83H,12-19,22,24-26H2,1-11H3,(H2,62,76)(H2,63,77)(H2,64,78)(H2,65,79)(H2,66,80)(H2,67,81)(H,69,82)(H,84,85)/b37-23-,49-30-,54-31?/t32-,33-,34-,35-,36+,40-,51-,52-,55?,56+,58-,59+,60+,61+/m1/s1. The molecule has 1 aromatic heterocycles. The van der Waals surface area contributed by atoms with Gasteiger partial charge >= 0.3 is 7.82 Å². The van der Waals surface area contributed by atoms with Crippen LogP contribution in [0.25, 0.3) is 11.0 Å². The Bertz CT molecular complexity index is 3520. The van der Waals surface area contributed by atoms with Gasteiger partial charge in [-0.1, -0.05) is 34.6 Å². The molecule has 0 aliphatic carbocycles. The fraction of sp³-hybridized carbons (Fsp3) is 0.623. The zero-order valence-corrected chi connectivity index (χ0v) is 53.4. The van der Waals surface area contributed by atoms with Crippen molar-refractivity contribution in [3.63, 3.8) is 0 Å². The number of allylic oxidation sites excluding steroid dienone is 6. The van der Waals surface area contributed by atoms with E-state index in [1.807, 2.05) is 80.5 Å². The first kappa shape index (κ1) is 67.9. The zero-order valence-electron chi connectivity index (χ0n) is 52.5. The van der Waals surface area contributed by atoms with Crippen molar-refractivity contribution in [1.82, 2.24) is 20.2 Å². The predicted molar refractivity (Wildman–Crippen MR) is 329 cm³/mol. The number of rotatable bonds is 25. The summed E-state index contributed by atoms with van der Waals surface area (Å²) in [5.41, 5.74) is 37.0. The van der Waals surface area contributed by atoms with Gasteiger partial charge in [-0.25, -0.2) is 9.55 Å². The van der Waals surface area contributed by atoms with Crippen LogP contribution in [0.4, 0.5) is 0 Å². The number of phosphoric ester groups is 1. The molecule has 2 fully saturated rings. The Balaban J connectivity index is 1.23. The summed E-state index contributed by atoms with van der Waals surface area (Å²) in [5.74, 6) is -7.47. The molecule has 8 rings (SSSR count). The van der Waals surface area contributed by atoms with Crippen molar-refractivity contribution in [2.24, 2.45) is 94.7 Å². The van der Waals surface area contributed by atoms with Gasteiger partial charge in [0, 0.05) is 125 Å². The first-order chi connectivity index (χ1) is 41.3. The number of aromatic nitrogens is 2. The van der Waals surface area contributed by atoms with Crippen molar-refractivity contribution in [2.75, 3.05) is 6.61 Å². The van der Waals surface area contributed by atoms with Gasteiger partial charge in [0.1, 0.15) is 24.5 Å². The summed E-state index contributed by atoms with van der Waals surface area (Å²) in [6.07, 6.45) is -5.06. The number of aryl methyl sites for hydroxylation is 2. The molecule has 0 spiro atoms. The summed E-state index contributed by atoms with van der Waals surface area (Å²) in [6.45, 7) is 19.3. The largest absolute Gasteiger partial charge is 0.474 e. The Labute approximate surface area is 517 Å². The Morgan fingerprint density at radius 2 is 1.39 bits per heavy atom. The number of fused-ring (bicyclic) bond motifs is 7. The molecule has 0 saturated carbocycles. The molecule has 2 unspecified atom stereocenters. The molecule has 8 bridgehead atoms. The average molecular weight is 1260 g/mol. The van der Waals surface area contributed by atoms with Crippen molar-refractivity contribution in [3.05, 3.63) is 63.9 Å². The molecular formula is C61H88N13O14P. The Morgan fingerprint density at radius 1 is 0.798 bits per heavy atom. The number of hydrogen-bond donors (Lipinski definition) is 11. The van der Waals surface area contributed by atoms with E-state index in [1.165, 1.54) is 17.8 Å². The van der Waals surface area contributed by atoms with E-state index in [1.54, 1.807) is 6.92 Å². The van der Waals surface area contributed by atoms with E-state index in [0.717, 1.165) is 11.1 Å². The van der Waals surface area contributed by atoms with Gasteiger partial charge in [0.25, 0.3) is 0 Å². The van der Waals surface area contributed by atoms with Crippen LogP contribution in [0.15, 0.2) is 67.8 Å². The second kappa shape index (κ2) is 25.0. The van der Waals surface area contributed by atoms with Crippen LogP contribution in [0.1, 0.15) is 150 Å². The average Bonchev–Trinajstić information content (AvgIpc) is 1.55. The topological polar surface area (TPSA) is 460 Å². The highest BCUT2D eigenvalue weighted by Gasteiger charge is 2.66. The number of aliphatic hydroxyl groups is 2. The third-order valence-electron chi connectivity index (χ3n) is 20.3. The van der Waals surface area contributed by atoms with Crippen molar-refractivity contribution < 1.29 is 67.0 Å². The molecule has 89 heavy (non-hydrogen) atoms. The van der Waals surface area contributed by atoms with E-state index in [0.29, 0.717) is 56.4 Å². The van der Waals surface area contributed by atoms with E-state index < -0.39 is 143 Å². The van der Waals surface area contributed by atoms with Gasteiger partial charge in [-0.2, -0.15) is 0 Å². The first-order valence-corrected chi connectivity index (χ1v) is 31.6. The molecule has 2 aromatic rings. The Hall–Kier alpha value is -7.00. The van der Waals surface area contributed by atoms with Crippen LogP contribution < -0.4 is 45.0 Å². The number of phosphoric acid groups is 1. The minimum absolute atomic E-state index is 0.0525. The lowest BCUT2D eigenvalue weighted by atomic mass is 9.55. The quantitative estimate of drug-likeness (QED) is 0.0502. The maximum absolute atomic E-state index is 14.4. The van der Waals surface area contributed by atoms with Gasteiger partial charge in [-0.05, 0) is 108 Å². The predicted octanol–water partition coefficient (Wildman–Crippen LogP) is 3.12. The van der Waals surface area contributed by atoms with Crippen LogP contribution in [-0.2, 0) is 51.9 Å². The van der Waals surface area contributed by atoms with E-state index in [-0.39, 0.29) is 70.6 Å². The number of nitrogens with two attached hydrogens (primary N) is 6. The number of carbonyl (C=O) groups is 7. The molecule has 2 saturated heterocycles. The molecule has 7 heterocycles. The second-order valence-corrected chi connectivity index (χ2v) is 28.0. The summed E-state index contributed by atoms with van der Waals surface area (Å²) in [4.78, 5) is 126. The molecule has 486 valence electrons. The van der Waals surface area contributed by atoms with Gasteiger partial charge < -0.3 is 69.4 Å². The second-order valence-electron chi connectivity index (χ2n) is 26.7. The number of amides is 7. The lowest BCUT2D eigenvalue weighted by Crippen LogP contribution is -2.56. The molecule has 0 radical (unpaired) electrons. The minimum atomic E-state index is -5.19. The molecule has 28 heteroatoms. The number of nitrogens with zero attached hydrogens (tertiary/aromatic N) is 5. The van der Waals surface area contributed by atoms with Crippen LogP contribution >= 0.6 is 7.82 Å². The lowest BCUT2D eigenvalue weighted by Gasteiger charge is -2.48. The van der Waals surface area contributed by atoms with Gasteiger partial charge in [0.15, 0.2) is 6.23 Å². The monoisotopic (exact) mass is 1260 g/mol. The van der Waals surface area contributed by atoms with E-state index in [4.69, 9.17) is 63.2 Å². The molecule has 6 aliphatic heterocycles. The molecule has 27 nitrogen and oxygen atoms in total. The van der Waals surface area contributed by atoms with Gasteiger partial charge in [0.05, 0.1) is 35.5 Å². The number of aliphatic imine (C=N–C) groups is 3. The number of aliphatic hydroxyl groups excluding tert-OH is 2. The summed E-state index contributed by atoms with van der Waals surface area (Å²) < 4.78 is 32.3. The number of nitrogens with one attached hydrogen (secondary N) is 2. The van der Waals surface area contributed by atoms with Crippen molar-refractivity contribution in [2.45, 2.75) is 189 Å². The molecule has 6 aliphatic rings. The smallest absolute Gasteiger partial charge is 0.394 e. The van der Waals surface area contributed by atoms with Crippen LogP contribution in [0, 0.1) is 59.2 Å².